The number of alkyl halides is 5. The Labute approximate surface area is 182 Å². The Morgan fingerprint density at radius 3 is 2.37 bits per heavy atom. The first kappa shape index (κ1) is 18.1. The molecule has 0 radical (unpaired) electrons. The Morgan fingerprint density at radius 2 is 1.84 bits per heavy atom. The van der Waals surface area contributed by atoms with Crippen LogP contribution in [0.15, 0.2) is 0 Å². The molecule has 1 rings (SSSR count). The molecule has 1 aromatic rings. The van der Waals surface area contributed by atoms with Crippen LogP contribution in [0.5, 0.6) is 0 Å². The van der Waals surface area contributed by atoms with Crippen molar-refractivity contribution in [3.8, 4) is 0 Å². The molecule has 0 saturated heterocycles. The van der Waals surface area contributed by atoms with Gasteiger partial charge >= 0.3 is 186 Å². The van der Waals surface area contributed by atoms with Gasteiger partial charge in [0.05, 0.1) is 0 Å². The first-order chi connectivity index (χ1) is 9.54. The summed E-state index contributed by atoms with van der Waals surface area (Å²) in [6.07, 6.45) is 3.33. The Kier molecular flexibility index (Phi) is 10.1. The fraction of sp³-hybridized carbons (Fsp3) is 0.615. The molecule has 0 spiro atoms. The van der Waals surface area contributed by atoms with Crippen molar-refractivity contribution < 1.29 is 22.6 Å². The number of aromatic nitrogens is 1. The molecule has 0 fully saturated rings. The maximum atomic E-state index is 7.62. The summed E-state index contributed by atoms with van der Waals surface area (Å²) in [7, 11) is 0. The molecule has 0 unspecified atom stereocenters. The first-order valence-corrected chi connectivity index (χ1v) is 14.0. The summed E-state index contributed by atoms with van der Waals surface area (Å²) in [4.78, 5) is 5.49. The molecule has 6 heteroatoms. The first-order valence-electron chi connectivity index (χ1n) is 6.55. The SMILES string of the molecule is [2H]C[I-]c1c(C)nc(CC(I)I)c(CCI)c1CCI. The van der Waals surface area contributed by atoms with Crippen molar-refractivity contribution in [3.63, 3.8) is 0 Å². The number of hydrogen-bond donors (Lipinski definition) is 0. The van der Waals surface area contributed by atoms with Gasteiger partial charge in [0.1, 0.15) is 0 Å². The second-order valence-corrected chi connectivity index (χ2v) is 13.4. The minimum absolute atomic E-state index is 0.193. The molecule has 0 aromatic carbocycles. The van der Waals surface area contributed by atoms with E-state index in [1.54, 1.807) is 5.56 Å². The van der Waals surface area contributed by atoms with Crippen molar-refractivity contribution >= 4 is 90.4 Å². The number of pyridine rings is 1. The van der Waals surface area contributed by atoms with E-state index >= 15 is 0 Å². The van der Waals surface area contributed by atoms with Crippen LogP contribution in [-0.4, -0.2) is 20.7 Å². The molecule has 0 aliphatic heterocycles. The van der Waals surface area contributed by atoms with Gasteiger partial charge in [0.2, 0.25) is 0 Å². The Bertz CT molecular complexity index is 439. The Balaban J connectivity index is 3.38. The van der Waals surface area contributed by atoms with Gasteiger partial charge in [-0.3, -0.25) is 0 Å². The number of halogens is 5. The molecule has 0 aliphatic rings. The summed E-state index contributed by atoms with van der Waals surface area (Å²) < 4.78 is 12.0. The molecular formula is C13H17I5N-. The van der Waals surface area contributed by atoms with E-state index in [0.29, 0.717) is 6.84 Å². The zero-order valence-electron chi connectivity index (χ0n) is 11.7. The van der Waals surface area contributed by atoms with Gasteiger partial charge in [0.25, 0.3) is 0 Å². The third kappa shape index (κ3) is 6.07. The standard InChI is InChI=1S/C13H17I5N/c1-8-13(18-2)10(4-6-15)9(3-5-14)11(19-8)7-12(16)17/h12H,3-7H2,1-2H3/q-1/i2D. The average molecular weight is 823 g/mol. The van der Waals surface area contributed by atoms with E-state index in [1.165, 1.54) is 20.5 Å². The van der Waals surface area contributed by atoms with Crippen LogP contribution < -0.4 is 21.2 Å². The van der Waals surface area contributed by atoms with Crippen molar-refractivity contribution in [2.75, 3.05) is 13.8 Å². The van der Waals surface area contributed by atoms with Crippen LogP contribution in [0.25, 0.3) is 0 Å². The predicted molar refractivity (Wildman–Crippen MR) is 114 cm³/mol. The molecule has 0 bridgehead atoms. The summed E-state index contributed by atoms with van der Waals surface area (Å²) in [5.41, 5.74) is 5.56. The van der Waals surface area contributed by atoms with Gasteiger partial charge in [-0.1, -0.05) is 0 Å². The van der Waals surface area contributed by atoms with Crippen LogP contribution in [0.4, 0.5) is 0 Å². The van der Waals surface area contributed by atoms with E-state index in [2.05, 4.69) is 97.3 Å². The van der Waals surface area contributed by atoms with E-state index in [-0.39, 0.29) is 21.2 Å². The summed E-state index contributed by atoms with van der Waals surface area (Å²) in [5.74, 6) is 0. The van der Waals surface area contributed by atoms with E-state index in [0.717, 1.165) is 28.1 Å². The van der Waals surface area contributed by atoms with Gasteiger partial charge in [-0.25, -0.2) is 0 Å². The van der Waals surface area contributed by atoms with Crippen LogP contribution in [-0.2, 0) is 19.3 Å². The fourth-order valence-electron chi connectivity index (χ4n) is 2.08. The summed E-state index contributed by atoms with van der Waals surface area (Å²) in [5, 5.41) is 0. The van der Waals surface area contributed by atoms with Crippen LogP contribution >= 0.6 is 90.4 Å². The quantitative estimate of drug-likeness (QED) is 0.304. The summed E-state index contributed by atoms with van der Waals surface area (Å²) in [6, 6.07) is 0. The summed E-state index contributed by atoms with van der Waals surface area (Å²) >= 11 is 9.71. The van der Waals surface area contributed by atoms with Gasteiger partial charge in [0.15, 0.2) is 0 Å². The van der Waals surface area contributed by atoms with E-state index < -0.39 is 0 Å². The summed E-state index contributed by atoms with van der Waals surface area (Å²) in [6.45, 7) is 2.15. The second kappa shape index (κ2) is 10.6. The molecule has 19 heavy (non-hydrogen) atoms. The maximum absolute atomic E-state index is 7.62. The van der Waals surface area contributed by atoms with Crippen LogP contribution in [0.2, 0.25) is 0 Å². The van der Waals surface area contributed by atoms with Gasteiger partial charge in [-0.15, -0.1) is 0 Å². The van der Waals surface area contributed by atoms with Crippen LogP contribution in [0.1, 0.15) is 23.9 Å². The predicted octanol–water partition coefficient (Wildman–Crippen LogP) is 1.97. The fourth-order valence-corrected chi connectivity index (χ4v) is 5.72. The number of hydrogen-bond acceptors (Lipinski definition) is 1. The molecule has 1 nitrogen and oxygen atoms in total. The van der Waals surface area contributed by atoms with E-state index in [1.807, 2.05) is 0 Å². The number of rotatable bonds is 7. The third-order valence-corrected chi connectivity index (χ3v) is 6.92. The monoisotopic (exact) mass is 823 g/mol. The molecule has 0 saturated carbocycles. The van der Waals surface area contributed by atoms with Gasteiger partial charge < -0.3 is 0 Å². The van der Waals surface area contributed by atoms with Crippen LogP contribution in [0, 0.1) is 10.5 Å². The molecule has 1 heterocycles. The molecule has 0 atom stereocenters. The normalized spacial score (nSPS) is 12.2. The van der Waals surface area contributed by atoms with Crippen molar-refractivity contribution in [2.45, 2.75) is 28.1 Å². The molecule has 0 amide bonds. The molecule has 0 N–H and O–H groups in total. The van der Waals surface area contributed by atoms with Gasteiger partial charge in [-0.2, -0.15) is 0 Å². The molecule has 110 valence electrons. The van der Waals surface area contributed by atoms with E-state index in [9.17, 15) is 0 Å². The zero-order chi connectivity index (χ0) is 15.1. The molecule has 1 aromatic heterocycles. The molecular weight excluding hydrogens is 805 g/mol. The minimum atomic E-state index is -0.193. The zero-order valence-corrected chi connectivity index (χ0v) is 21.4. The number of aryl methyl sites for hydroxylation is 1. The van der Waals surface area contributed by atoms with Gasteiger partial charge in [-0.05, 0) is 0 Å². The Morgan fingerprint density at radius 1 is 1.21 bits per heavy atom. The molecule has 0 aliphatic carbocycles. The van der Waals surface area contributed by atoms with Crippen molar-refractivity contribution in [3.05, 3.63) is 26.1 Å². The average Bonchev–Trinajstić information content (AvgIpc) is 2.37. The van der Waals surface area contributed by atoms with Gasteiger partial charge in [0, 0.05) is 0 Å². The van der Waals surface area contributed by atoms with Crippen molar-refractivity contribution in [1.82, 2.24) is 4.98 Å². The Hall–Kier alpha value is 2.80. The van der Waals surface area contributed by atoms with Crippen molar-refractivity contribution in [2.24, 2.45) is 0 Å². The topological polar surface area (TPSA) is 12.9 Å². The second-order valence-electron chi connectivity index (χ2n) is 4.02. The van der Waals surface area contributed by atoms with Crippen molar-refractivity contribution in [1.29, 1.82) is 0 Å². The van der Waals surface area contributed by atoms with Crippen LogP contribution in [0.3, 0.4) is 0 Å². The third-order valence-electron chi connectivity index (χ3n) is 2.77. The van der Waals surface area contributed by atoms with E-state index in [4.69, 9.17) is 6.35 Å². The number of nitrogens with zero attached hydrogens (tertiary/aromatic N) is 1.